The summed E-state index contributed by atoms with van der Waals surface area (Å²) in [6.07, 6.45) is 3.63. The van der Waals surface area contributed by atoms with Crippen molar-refractivity contribution in [2.75, 3.05) is 17.7 Å². The fourth-order valence-electron chi connectivity index (χ4n) is 3.15. The number of anilines is 1. The molecule has 0 radical (unpaired) electrons. The summed E-state index contributed by atoms with van der Waals surface area (Å²) < 4.78 is 7.46. The summed E-state index contributed by atoms with van der Waals surface area (Å²) in [5.74, 6) is 1.09. The molecule has 1 N–H and O–H groups in total. The van der Waals surface area contributed by atoms with Crippen LogP contribution >= 0.6 is 11.8 Å². The first-order valence-corrected chi connectivity index (χ1v) is 10.2. The van der Waals surface area contributed by atoms with E-state index in [1.165, 1.54) is 17.3 Å². The fourth-order valence-corrected chi connectivity index (χ4v) is 3.92. The molecule has 3 rings (SSSR count). The van der Waals surface area contributed by atoms with Crippen molar-refractivity contribution in [1.82, 2.24) is 9.55 Å². The Balaban J connectivity index is 1.66. The van der Waals surface area contributed by atoms with Crippen LogP contribution in [0.15, 0.2) is 53.9 Å². The largest absolute Gasteiger partial charge is 0.494 e. The van der Waals surface area contributed by atoms with Gasteiger partial charge in [-0.05, 0) is 63.1 Å². The van der Waals surface area contributed by atoms with E-state index in [1.807, 2.05) is 55.8 Å². The van der Waals surface area contributed by atoms with Crippen LogP contribution in [-0.2, 0) is 4.79 Å². The number of rotatable bonds is 7. The van der Waals surface area contributed by atoms with E-state index in [-0.39, 0.29) is 5.91 Å². The molecule has 1 aromatic heterocycles. The van der Waals surface area contributed by atoms with Crippen LogP contribution in [0.5, 0.6) is 5.75 Å². The number of amides is 1. The van der Waals surface area contributed by atoms with Gasteiger partial charge in [0.1, 0.15) is 5.75 Å². The summed E-state index contributed by atoms with van der Waals surface area (Å²) in [5.41, 5.74) is 5.22. The molecule has 0 saturated carbocycles. The van der Waals surface area contributed by atoms with E-state index in [2.05, 4.69) is 29.4 Å². The van der Waals surface area contributed by atoms with Gasteiger partial charge in [0.2, 0.25) is 5.91 Å². The molecule has 28 heavy (non-hydrogen) atoms. The number of ether oxygens (including phenoxy) is 1. The van der Waals surface area contributed by atoms with Crippen molar-refractivity contribution in [2.24, 2.45) is 0 Å². The Labute approximate surface area is 170 Å². The first-order valence-electron chi connectivity index (χ1n) is 9.25. The highest BCUT2D eigenvalue weighted by Crippen LogP contribution is 2.25. The van der Waals surface area contributed by atoms with Crippen LogP contribution in [0.4, 0.5) is 5.69 Å². The quantitative estimate of drug-likeness (QED) is 0.577. The molecule has 0 unspecified atom stereocenters. The average molecular weight is 396 g/mol. The predicted molar refractivity (Wildman–Crippen MR) is 115 cm³/mol. The lowest BCUT2D eigenvalue weighted by atomic mass is 10.1. The van der Waals surface area contributed by atoms with E-state index in [0.717, 1.165) is 33.4 Å². The molecule has 0 fully saturated rings. The Morgan fingerprint density at radius 3 is 2.46 bits per heavy atom. The molecule has 0 aliphatic rings. The molecule has 5 nitrogen and oxygen atoms in total. The molecule has 2 aromatic carbocycles. The first-order chi connectivity index (χ1) is 13.5. The smallest absolute Gasteiger partial charge is 0.234 e. The molecule has 0 bridgehead atoms. The van der Waals surface area contributed by atoms with Gasteiger partial charge in [-0.25, -0.2) is 4.98 Å². The van der Waals surface area contributed by atoms with E-state index in [4.69, 9.17) is 4.74 Å². The normalized spacial score (nSPS) is 10.7. The van der Waals surface area contributed by atoms with Gasteiger partial charge in [-0.3, -0.25) is 9.36 Å². The molecular formula is C22H25N3O2S. The third-order valence-corrected chi connectivity index (χ3v) is 5.27. The molecule has 0 aliphatic heterocycles. The van der Waals surface area contributed by atoms with Crippen LogP contribution < -0.4 is 10.1 Å². The molecular weight excluding hydrogens is 370 g/mol. The zero-order chi connectivity index (χ0) is 20.1. The second kappa shape index (κ2) is 8.97. The van der Waals surface area contributed by atoms with E-state index >= 15 is 0 Å². The van der Waals surface area contributed by atoms with Crippen LogP contribution in [-0.4, -0.2) is 27.8 Å². The number of carbonyl (C=O) groups excluding carboxylic acids is 1. The Bertz CT molecular complexity index is 941. The molecule has 3 aromatic rings. The van der Waals surface area contributed by atoms with Gasteiger partial charge >= 0.3 is 0 Å². The highest BCUT2D eigenvalue weighted by Gasteiger charge is 2.12. The summed E-state index contributed by atoms with van der Waals surface area (Å²) in [6.45, 7) is 8.69. The zero-order valence-electron chi connectivity index (χ0n) is 16.7. The second-order valence-electron chi connectivity index (χ2n) is 6.62. The molecule has 6 heteroatoms. The predicted octanol–water partition coefficient (Wildman–Crippen LogP) is 4.93. The fraction of sp³-hybridized carbons (Fsp3) is 0.273. The minimum absolute atomic E-state index is 0.0405. The van der Waals surface area contributed by atoms with E-state index in [0.29, 0.717) is 12.4 Å². The van der Waals surface area contributed by atoms with Gasteiger partial charge in [0.15, 0.2) is 5.16 Å². The topological polar surface area (TPSA) is 56.2 Å². The summed E-state index contributed by atoms with van der Waals surface area (Å²) in [4.78, 5) is 16.9. The van der Waals surface area contributed by atoms with Crippen LogP contribution in [0.25, 0.3) is 5.69 Å². The number of nitrogens with zero attached hydrogens (tertiary/aromatic N) is 2. The molecule has 0 atom stereocenters. The third-order valence-electron chi connectivity index (χ3n) is 4.31. The molecule has 0 spiro atoms. The van der Waals surface area contributed by atoms with Crippen molar-refractivity contribution >= 4 is 23.4 Å². The maximum Gasteiger partial charge on any atom is 0.234 e. The van der Waals surface area contributed by atoms with Crippen LogP contribution in [0.2, 0.25) is 0 Å². The van der Waals surface area contributed by atoms with Crippen LogP contribution in [0.3, 0.4) is 0 Å². The highest BCUT2D eigenvalue weighted by molar-refractivity contribution is 7.99. The van der Waals surface area contributed by atoms with Crippen molar-refractivity contribution in [3.8, 4) is 11.4 Å². The highest BCUT2D eigenvalue weighted by atomic mass is 32.2. The van der Waals surface area contributed by atoms with Gasteiger partial charge in [0.05, 0.1) is 12.4 Å². The Morgan fingerprint density at radius 1 is 1.14 bits per heavy atom. The average Bonchev–Trinajstić information content (AvgIpc) is 3.12. The van der Waals surface area contributed by atoms with Crippen LogP contribution in [0, 0.1) is 20.8 Å². The van der Waals surface area contributed by atoms with Gasteiger partial charge in [-0.1, -0.05) is 29.5 Å². The zero-order valence-corrected chi connectivity index (χ0v) is 17.5. The maximum absolute atomic E-state index is 12.5. The number of hydrogen-bond donors (Lipinski definition) is 1. The first kappa shape index (κ1) is 20.0. The van der Waals surface area contributed by atoms with E-state index < -0.39 is 0 Å². The second-order valence-corrected chi connectivity index (χ2v) is 7.56. The standard InChI is InChI=1S/C22H25N3O2S/c1-5-27-19-8-6-18(7-9-19)25-11-10-23-22(25)28-14-20(26)24-21-16(3)12-15(2)13-17(21)4/h6-13H,5,14H2,1-4H3,(H,24,26). The minimum atomic E-state index is -0.0405. The van der Waals surface area contributed by atoms with Crippen LogP contribution in [0.1, 0.15) is 23.6 Å². The number of thioether (sulfide) groups is 1. The van der Waals surface area contributed by atoms with Gasteiger partial charge < -0.3 is 10.1 Å². The summed E-state index contributed by atoms with van der Waals surface area (Å²) >= 11 is 1.41. The number of imidazole rings is 1. The molecule has 0 saturated heterocycles. The molecule has 146 valence electrons. The van der Waals surface area contributed by atoms with Crippen molar-refractivity contribution in [1.29, 1.82) is 0 Å². The molecule has 0 aliphatic carbocycles. The van der Waals surface area contributed by atoms with Gasteiger partial charge in [-0.15, -0.1) is 0 Å². The van der Waals surface area contributed by atoms with Crippen molar-refractivity contribution < 1.29 is 9.53 Å². The number of nitrogens with one attached hydrogen (secondary N) is 1. The Hall–Kier alpha value is -2.73. The molecule has 1 heterocycles. The monoisotopic (exact) mass is 395 g/mol. The lowest BCUT2D eigenvalue weighted by molar-refractivity contribution is -0.113. The summed E-state index contributed by atoms with van der Waals surface area (Å²) in [5, 5.41) is 3.81. The lowest BCUT2D eigenvalue weighted by Crippen LogP contribution is -2.16. The minimum Gasteiger partial charge on any atom is -0.494 e. The van der Waals surface area contributed by atoms with Crippen molar-refractivity contribution in [3.63, 3.8) is 0 Å². The van der Waals surface area contributed by atoms with Gasteiger partial charge in [-0.2, -0.15) is 0 Å². The lowest BCUT2D eigenvalue weighted by Gasteiger charge is -2.13. The number of aryl methyl sites for hydroxylation is 3. The number of hydrogen-bond acceptors (Lipinski definition) is 4. The number of aromatic nitrogens is 2. The number of carbonyl (C=O) groups is 1. The van der Waals surface area contributed by atoms with E-state index in [9.17, 15) is 4.79 Å². The third kappa shape index (κ3) is 4.75. The van der Waals surface area contributed by atoms with Crippen molar-refractivity contribution in [3.05, 3.63) is 65.5 Å². The number of benzene rings is 2. The summed E-state index contributed by atoms with van der Waals surface area (Å²) in [7, 11) is 0. The summed E-state index contributed by atoms with van der Waals surface area (Å²) in [6, 6.07) is 12.0. The maximum atomic E-state index is 12.5. The van der Waals surface area contributed by atoms with E-state index in [1.54, 1.807) is 6.20 Å². The SMILES string of the molecule is CCOc1ccc(-n2ccnc2SCC(=O)Nc2c(C)cc(C)cc2C)cc1. The molecule has 1 amide bonds. The van der Waals surface area contributed by atoms with Gasteiger partial charge in [0.25, 0.3) is 0 Å². The Morgan fingerprint density at radius 2 is 1.82 bits per heavy atom. The van der Waals surface area contributed by atoms with Gasteiger partial charge in [0, 0.05) is 23.8 Å². The van der Waals surface area contributed by atoms with Crippen molar-refractivity contribution in [2.45, 2.75) is 32.9 Å². The Kier molecular flexibility index (Phi) is 6.41.